The van der Waals surface area contributed by atoms with Crippen molar-refractivity contribution in [3.05, 3.63) is 64.1 Å². The van der Waals surface area contributed by atoms with E-state index in [0.29, 0.717) is 16.5 Å². The molecule has 0 fully saturated rings. The van der Waals surface area contributed by atoms with Crippen molar-refractivity contribution in [2.45, 2.75) is 26.7 Å². The summed E-state index contributed by atoms with van der Waals surface area (Å²) in [5.74, 6) is 0.305. The molecule has 0 radical (unpaired) electrons. The van der Waals surface area contributed by atoms with Crippen LogP contribution in [0.15, 0.2) is 47.8 Å². The van der Waals surface area contributed by atoms with Gasteiger partial charge in [-0.15, -0.1) is 11.3 Å². The first kappa shape index (κ1) is 18.7. The first-order valence-corrected chi connectivity index (χ1v) is 9.43. The number of anilines is 3. The fourth-order valence-electron chi connectivity index (χ4n) is 2.60. The fourth-order valence-corrected chi connectivity index (χ4v) is 3.29. The summed E-state index contributed by atoms with van der Waals surface area (Å²) in [6.45, 7) is 3.82. The molecule has 27 heavy (non-hydrogen) atoms. The number of nitrogens with zero attached hydrogens (tertiary/aromatic N) is 2. The number of amides is 1. The predicted molar refractivity (Wildman–Crippen MR) is 108 cm³/mol. The summed E-state index contributed by atoms with van der Waals surface area (Å²) < 4.78 is 0. The van der Waals surface area contributed by atoms with Crippen LogP contribution in [0, 0.1) is 13.8 Å². The minimum Gasteiger partial charge on any atom is -0.326 e. The quantitative estimate of drug-likeness (QED) is 0.590. The second kappa shape index (κ2) is 8.55. The van der Waals surface area contributed by atoms with Crippen molar-refractivity contribution >= 4 is 40.4 Å². The molecule has 0 bridgehead atoms. The molecule has 1 aromatic carbocycles. The lowest BCUT2D eigenvalue weighted by atomic mass is 10.2. The fraction of sp³-hybridized carbons (Fsp3) is 0.200. The first-order valence-electron chi connectivity index (χ1n) is 8.55. The van der Waals surface area contributed by atoms with Crippen LogP contribution < -0.4 is 10.6 Å². The zero-order chi connectivity index (χ0) is 19.2. The van der Waals surface area contributed by atoms with Gasteiger partial charge in [-0.25, -0.2) is 9.97 Å². The molecule has 2 N–H and O–H groups in total. The molecule has 3 rings (SSSR count). The number of Topliss-reactive ketones (excluding diaryl/α,β-unsaturated/α-hetero) is 1. The molecule has 0 saturated heterocycles. The number of hydrogen-bond acceptors (Lipinski definition) is 6. The van der Waals surface area contributed by atoms with E-state index < -0.39 is 0 Å². The molecule has 0 aliphatic carbocycles. The Hall–Kier alpha value is -3.06. The lowest BCUT2D eigenvalue weighted by Crippen LogP contribution is -2.13. The van der Waals surface area contributed by atoms with Crippen LogP contribution in [0.5, 0.6) is 0 Å². The summed E-state index contributed by atoms with van der Waals surface area (Å²) in [7, 11) is 0. The average molecular weight is 380 g/mol. The van der Waals surface area contributed by atoms with Crippen molar-refractivity contribution in [2.24, 2.45) is 0 Å². The van der Waals surface area contributed by atoms with Gasteiger partial charge in [-0.2, -0.15) is 0 Å². The molecular weight excluding hydrogens is 360 g/mol. The molecule has 0 saturated carbocycles. The van der Waals surface area contributed by atoms with E-state index in [0.717, 1.165) is 17.1 Å². The van der Waals surface area contributed by atoms with E-state index in [9.17, 15) is 9.59 Å². The maximum atomic E-state index is 12.1. The van der Waals surface area contributed by atoms with Crippen LogP contribution in [0.1, 0.15) is 33.9 Å². The molecule has 1 amide bonds. The van der Waals surface area contributed by atoms with Gasteiger partial charge in [0.2, 0.25) is 11.9 Å². The molecule has 0 atom stereocenters. The second-order valence-corrected chi connectivity index (χ2v) is 7.08. The van der Waals surface area contributed by atoms with E-state index in [-0.39, 0.29) is 24.5 Å². The summed E-state index contributed by atoms with van der Waals surface area (Å²) in [6.07, 6.45) is 0.343. The number of thiophene rings is 1. The van der Waals surface area contributed by atoms with Crippen molar-refractivity contribution in [1.82, 2.24) is 9.97 Å². The largest absolute Gasteiger partial charge is 0.326 e. The minimum absolute atomic E-state index is 0.0115. The topological polar surface area (TPSA) is 84.0 Å². The van der Waals surface area contributed by atoms with Crippen molar-refractivity contribution in [2.75, 3.05) is 10.6 Å². The highest BCUT2D eigenvalue weighted by molar-refractivity contribution is 7.12. The normalized spacial score (nSPS) is 10.4. The smallest absolute Gasteiger partial charge is 0.227 e. The van der Waals surface area contributed by atoms with Crippen molar-refractivity contribution in [3.8, 4) is 0 Å². The third kappa shape index (κ3) is 5.46. The predicted octanol–water partition coefficient (Wildman–Crippen LogP) is 4.50. The maximum Gasteiger partial charge on any atom is 0.227 e. The molecule has 0 unspecified atom stereocenters. The van der Waals surface area contributed by atoms with E-state index in [1.807, 2.05) is 43.5 Å². The van der Waals surface area contributed by atoms with E-state index in [4.69, 9.17) is 0 Å². The number of carbonyl (C=O) groups is 2. The monoisotopic (exact) mass is 380 g/mol. The highest BCUT2D eigenvalue weighted by Crippen LogP contribution is 2.19. The van der Waals surface area contributed by atoms with Crippen LogP contribution in [0.25, 0.3) is 0 Å². The van der Waals surface area contributed by atoms with Gasteiger partial charge in [0, 0.05) is 35.6 Å². The molecule has 0 aliphatic heterocycles. The third-order valence-corrected chi connectivity index (χ3v) is 4.67. The summed E-state index contributed by atoms with van der Waals surface area (Å²) in [5.41, 5.74) is 3.18. The van der Waals surface area contributed by atoms with Gasteiger partial charge in [0.25, 0.3) is 0 Å². The van der Waals surface area contributed by atoms with Gasteiger partial charge in [-0.3, -0.25) is 9.59 Å². The van der Waals surface area contributed by atoms with Gasteiger partial charge < -0.3 is 10.6 Å². The van der Waals surface area contributed by atoms with Gasteiger partial charge in [0.1, 0.15) is 0 Å². The number of hydrogen-bond donors (Lipinski definition) is 2. The Balaban J connectivity index is 1.58. The molecule has 0 spiro atoms. The number of rotatable bonds is 7. The Morgan fingerprint density at radius 1 is 0.963 bits per heavy atom. The van der Waals surface area contributed by atoms with Crippen molar-refractivity contribution < 1.29 is 9.59 Å². The van der Waals surface area contributed by atoms with Crippen molar-refractivity contribution in [3.63, 3.8) is 0 Å². The standard InChI is InChI=1S/C20H20N4O2S/c1-13-11-14(2)22-20(21-13)24-16-6-3-5-15(12-16)23-19(26)9-8-17(25)18-7-4-10-27-18/h3-7,10-12H,8-9H2,1-2H3,(H,23,26)(H,21,22,24). The highest BCUT2D eigenvalue weighted by Gasteiger charge is 2.10. The SMILES string of the molecule is Cc1cc(C)nc(Nc2cccc(NC(=O)CCC(=O)c3cccs3)c2)n1. The maximum absolute atomic E-state index is 12.1. The molecule has 2 aromatic heterocycles. The minimum atomic E-state index is -0.195. The number of aromatic nitrogens is 2. The van der Waals surface area contributed by atoms with E-state index >= 15 is 0 Å². The highest BCUT2D eigenvalue weighted by atomic mass is 32.1. The van der Waals surface area contributed by atoms with Crippen molar-refractivity contribution in [1.29, 1.82) is 0 Å². The molecule has 0 aliphatic rings. The number of nitrogens with one attached hydrogen (secondary N) is 2. The summed E-state index contributed by atoms with van der Waals surface area (Å²) >= 11 is 1.39. The van der Waals surface area contributed by atoms with Crippen LogP contribution in [0.3, 0.4) is 0 Å². The van der Waals surface area contributed by atoms with E-state index in [1.54, 1.807) is 18.2 Å². The van der Waals surface area contributed by atoms with Crippen LogP contribution in [0.4, 0.5) is 17.3 Å². The third-order valence-electron chi connectivity index (χ3n) is 3.76. The van der Waals surface area contributed by atoms with Crippen LogP contribution in [-0.4, -0.2) is 21.7 Å². The lowest BCUT2D eigenvalue weighted by molar-refractivity contribution is -0.116. The lowest BCUT2D eigenvalue weighted by Gasteiger charge is -2.09. The number of aryl methyl sites for hydroxylation is 2. The first-order chi connectivity index (χ1) is 13.0. The molecule has 138 valence electrons. The van der Waals surface area contributed by atoms with Crippen LogP contribution in [0.2, 0.25) is 0 Å². The van der Waals surface area contributed by atoms with Gasteiger partial charge in [-0.1, -0.05) is 12.1 Å². The average Bonchev–Trinajstić information content (AvgIpc) is 3.14. The Labute approximate surface area is 161 Å². The van der Waals surface area contributed by atoms with Gasteiger partial charge in [-0.05, 0) is 49.6 Å². The zero-order valence-corrected chi connectivity index (χ0v) is 16.0. The molecule has 2 heterocycles. The van der Waals surface area contributed by atoms with E-state index in [2.05, 4.69) is 20.6 Å². The van der Waals surface area contributed by atoms with E-state index in [1.165, 1.54) is 11.3 Å². The van der Waals surface area contributed by atoms with Crippen LogP contribution >= 0.6 is 11.3 Å². The molecule has 3 aromatic rings. The Kier molecular flexibility index (Phi) is 5.93. The zero-order valence-electron chi connectivity index (χ0n) is 15.2. The van der Waals surface area contributed by atoms with Gasteiger partial charge >= 0.3 is 0 Å². The Morgan fingerprint density at radius 3 is 2.41 bits per heavy atom. The van der Waals surface area contributed by atoms with Gasteiger partial charge in [0.05, 0.1) is 4.88 Å². The summed E-state index contributed by atoms with van der Waals surface area (Å²) in [4.78, 5) is 33.5. The second-order valence-electron chi connectivity index (χ2n) is 6.13. The number of ketones is 1. The number of benzene rings is 1. The summed E-state index contributed by atoms with van der Waals surface area (Å²) in [5, 5.41) is 7.82. The number of carbonyl (C=O) groups excluding carboxylic acids is 2. The van der Waals surface area contributed by atoms with Crippen LogP contribution in [-0.2, 0) is 4.79 Å². The summed E-state index contributed by atoms with van der Waals surface area (Å²) in [6, 6.07) is 12.8. The Morgan fingerprint density at radius 2 is 1.70 bits per heavy atom. The Bertz CT molecular complexity index is 934. The van der Waals surface area contributed by atoms with Gasteiger partial charge in [0.15, 0.2) is 5.78 Å². The molecule has 6 nitrogen and oxygen atoms in total. The molecular formula is C20H20N4O2S. The molecule has 7 heteroatoms.